The summed E-state index contributed by atoms with van der Waals surface area (Å²) in [5.41, 5.74) is 1.01. The molecule has 0 saturated heterocycles. The molecule has 0 aromatic heterocycles. The number of carbonyl (C=O) groups is 1. The van der Waals surface area contributed by atoms with Gasteiger partial charge >= 0.3 is 5.97 Å². The van der Waals surface area contributed by atoms with Crippen molar-refractivity contribution in [3.63, 3.8) is 0 Å². The average molecular weight is 245 g/mol. The second kappa shape index (κ2) is 6.03. The third kappa shape index (κ3) is 4.14. The summed E-state index contributed by atoms with van der Waals surface area (Å²) in [5.74, 6) is -0.418. The molecule has 0 aliphatic rings. The molecule has 0 saturated carbocycles. The van der Waals surface area contributed by atoms with Crippen LogP contribution in [0.25, 0.3) is 0 Å². The van der Waals surface area contributed by atoms with Gasteiger partial charge in [-0.3, -0.25) is 4.79 Å². The van der Waals surface area contributed by atoms with Crippen LogP contribution in [0.5, 0.6) is 0 Å². The Morgan fingerprint density at radius 2 is 2.07 bits per heavy atom. The van der Waals surface area contributed by atoms with Crippen molar-refractivity contribution in [3.8, 4) is 0 Å². The summed E-state index contributed by atoms with van der Waals surface area (Å²) in [6, 6.07) is 7.32. The van der Waals surface area contributed by atoms with E-state index in [2.05, 4.69) is 0 Å². The maximum absolute atomic E-state index is 10.9. The number of hydrogen-bond acceptors (Lipinski definition) is 2. The summed E-state index contributed by atoms with van der Waals surface area (Å²) in [6.07, 6.45) is 2.48. The predicted octanol–water partition coefficient (Wildman–Crippen LogP) is 2.95. The van der Waals surface area contributed by atoms with Gasteiger partial charge in [-0.15, -0.1) is 0 Å². The number of benzene rings is 1. The lowest BCUT2D eigenvalue weighted by atomic mass is 10.0. The zero-order valence-corrected chi connectivity index (χ0v) is 10.0. The Kier molecular flexibility index (Phi) is 4.99. The largest absolute Gasteiger partial charge is 0.481 e. The molecular formula is C11H13ClO2S. The molecule has 0 aliphatic carbocycles. The number of halogens is 1. The van der Waals surface area contributed by atoms with Crippen LogP contribution in [0.2, 0.25) is 5.02 Å². The minimum absolute atomic E-state index is 0.318. The van der Waals surface area contributed by atoms with E-state index >= 15 is 0 Å². The van der Waals surface area contributed by atoms with E-state index in [9.17, 15) is 4.79 Å². The number of hydrogen-bond donors (Lipinski definition) is 1. The predicted molar refractivity (Wildman–Crippen MR) is 64.7 cm³/mol. The number of carboxylic acid groups (broad SMARTS) is 1. The highest BCUT2D eigenvalue weighted by molar-refractivity contribution is 7.98. The SMILES string of the molecule is CSCC(Cc1ccc(Cl)cc1)C(=O)O. The van der Waals surface area contributed by atoms with Crippen molar-refractivity contribution in [2.24, 2.45) is 5.92 Å². The molecule has 1 unspecified atom stereocenters. The van der Waals surface area contributed by atoms with E-state index in [1.54, 1.807) is 23.9 Å². The first-order valence-electron chi connectivity index (χ1n) is 4.59. The molecule has 1 rings (SSSR count). The summed E-state index contributed by atoms with van der Waals surface area (Å²) in [4.78, 5) is 10.9. The molecule has 0 fully saturated rings. The van der Waals surface area contributed by atoms with Gasteiger partial charge in [0.25, 0.3) is 0 Å². The Hall–Kier alpha value is -0.670. The second-order valence-corrected chi connectivity index (χ2v) is 4.67. The lowest BCUT2D eigenvalue weighted by molar-refractivity contribution is -0.140. The van der Waals surface area contributed by atoms with Crippen LogP contribution in [0.4, 0.5) is 0 Å². The molecule has 1 atom stereocenters. The number of thioether (sulfide) groups is 1. The zero-order chi connectivity index (χ0) is 11.3. The van der Waals surface area contributed by atoms with Crippen LogP contribution in [0.15, 0.2) is 24.3 Å². The van der Waals surface area contributed by atoms with Crippen molar-refractivity contribution < 1.29 is 9.90 Å². The first-order valence-corrected chi connectivity index (χ1v) is 6.37. The van der Waals surface area contributed by atoms with Crippen molar-refractivity contribution in [1.82, 2.24) is 0 Å². The minimum atomic E-state index is -0.737. The van der Waals surface area contributed by atoms with Crippen molar-refractivity contribution >= 4 is 29.3 Å². The molecule has 1 aromatic rings. The van der Waals surface area contributed by atoms with Crippen LogP contribution in [-0.4, -0.2) is 23.1 Å². The van der Waals surface area contributed by atoms with Gasteiger partial charge in [0.15, 0.2) is 0 Å². The quantitative estimate of drug-likeness (QED) is 0.865. The Bertz CT molecular complexity index is 324. The summed E-state index contributed by atoms with van der Waals surface area (Å²) in [7, 11) is 0. The van der Waals surface area contributed by atoms with Crippen LogP contribution >= 0.6 is 23.4 Å². The lowest BCUT2D eigenvalue weighted by Crippen LogP contribution is -2.18. The van der Waals surface area contributed by atoms with E-state index in [1.165, 1.54) is 0 Å². The molecule has 0 bridgehead atoms. The van der Waals surface area contributed by atoms with Crippen LogP contribution < -0.4 is 0 Å². The van der Waals surface area contributed by atoms with Gasteiger partial charge < -0.3 is 5.11 Å². The molecule has 0 radical (unpaired) electrons. The maximum atomic E-state index is 10.9. The third-order valence-electron chi connectivity index (χ3n) is 2.11. The van der Waals surface area contributed by atoms with Crippen LogP contribution in [0.1, 0.15) is 5.56 Å². The molecule has 1 aromatic carbocycles. The van der Waals surface area contributed by atoms with Crippen molar-refractivity contribution in [2.45, 2.75) is 6.42 Å². The fourth-order valence-electron chi connectivity index (χ4n) is 1.32. The Morgan fingerprint density at radius 3 is 2.53 bits per heavy atom. The summed E-state index contributed by atoms with van der Waals surface area (Å²) in [5, 5.41) is 9.66. The highest BCUT2D eigenvalue weighted by Gasteiger charge is 2.16. The molecular weight excluding hydrogens is 232 g/mol. The molecule has 15 heavy (non-hydrogen) atoms. The monoisotopic (exact) mass is 244 g/mol. The number of rotatable bonds is 5. The maximum Gasteiger partial charge on any atom is 0.307 e. The number of aliphatic carboxylic acids is 1. The minimum Gasteiger partial charge on any atom is -0.481 e. The fraction of sp³-hybridized carbons (Fsp3) is 0.364. The van der Waals surface area contributed by atoms with E-state index < -0.39 is 5.97 Å². The van der Waals surface area contributed by atoms with Crippen molar-refractivity contribution in [3.05, 3.63) is 34.9 Å². The highest BCUT2D eigenvalue weighted by Crippen LogP contribution is 2.16. The van der Waals surface area contributed by atoms with Gasteiger partial charge in [0.05, 0.1) is 5.92 Å². The molecule has 82 valence electrons. The zero-order valence-electron chi connectivity index (χ0n) is 8.44. The normalized spacial score (nSPS) is 12.4. The standard InChI is InChI=1S/C11H13ClO2S/c1-15-7-9(11(13)14)6-8-2-4-10(12)5-3-8/h2-5,9H,6-7H2,1H3,(H,13,14). The average Bonchev–Trinajstić information content (AvgIpc) is 2.20. The van der Waals surface area contributed by atoms with Gasteiger partial charge in [0, 0.05) is 10.8 Å². The van der Waals surface area contributed by atoms with Gasteiger partial charge in [-0.1, -0.05) is 23.7 Å². The van der Waals surface area contributed by atoms with Gasteiger partial charge in [0.2, 0.25) is 0 Å². The van der Waals surface area contributed by atoms with Crippen molar-refractivity contribution in [2.75, 3.05) is 12.0 Å². The molecule has 1 N–H and O–H groups in total. The second-order valence-electron chi connectivity index (χ2n) is 3.32. The van der Waals surface area contributed by atoms with E-state index in [4.69, 9.17) is 16.7 Å². The van der Waals surface area contributed by atoms with E-state index in [0.29, 0.717) is 17.2 Å². The summed E-state index contributed by atoms with van der Waals surface area (Å²) >= 11 is 7.31. The molecule has 0 heterocycles. The topological polar surface area (TPSA) is 37.3 Å². The van der Waals surface area contributed by atoms with Crippen LogP contribution in [-0.2, 0) is 11.2 Å². The highest BCUT2D eigenvalue weighted by atomic mass is 35.5. The Labute approximate surface area is 98.6 Å². The van der Waals surface area contributed by atoms with E-state index in [-0.39, 0.29) is 5.92 Å². The first-order chi connectivity index (χ1) is 7.13. The first kappa shape index (κ1) is 12.4. The van der Waals surface area contributed by atoms with E-state index in [1.807, 2.05) is 18.4 Å². The molecule has 2 nitrogen and oxygen atoms in total. The smallest absolute Gasteiger partial charge is 0.307 e. The molecule has 4 heteroatoms. The third-order valence-corrected chi connectivity index (χ3v) is 3.10. The van der Waals surface area contributed by atoms with Crippen molar-refractivity contribution in [1.29, 1.82) is 0 Å². The Morgan fingerprint density at radius 1 is 1.47 bits per heavy atom. The number of carboxylic acids is 1. The fourth-order valence-corrected chi connectivity index (χ4v) is 2.11. The summed E-state index contributed by atoms with van der Waals surface area (Å²) < 4.78 is 0. The van der Waals surface area contributed by atoms with Crippen LogP contribution in [0, 0.1) is 5.92 Å². The van der Waals surface area contributed by atoms with Gasteiger partial charge in [-0.25, -0.2) is 0 Å². The van der Waals surface area contributed by atoms with E-state index in [0.717, 1.165) is 5.56 Å². The van der Waals surface area contributed by atoms with Gasteiger partial charge in [-0.2, -0.15) is 11.8 Å². The lowest BCUT2D eigenvalue weighted by Gasteiger charge is -2.10. The van der Waals surface area contributed by atoms with Crippen LogP contribution in [0.3, 0.4) is 0 Å². The summed E-state index contributed by atoms with van der Waals surface area (Å²) in [6.45, 7) is 0. The molecule has 0 aliphatic heterocycles. The van der Waals surface area contributed by atoms with Gasteiger partial charge in [0.1, 0.15) is 0 Å². The van der Waals surface area contributed by atoms with Gasteiger partial charge in [-0.05, 0) is 30.4 Å². The molecule has 0 amide bonds. The molecule has 0 spiro atoms. The Balaban J connectivity index is 2.65.